The number of carboxylic acids is 1. The molecule has 102 valence electrons. The lowest BCUT2D eigenvalue weighted by Gasteiger charge is -2.09. The van der Waals surface area contributed by atoms with Gasteiger partial charge in [0.05, 0.1) is 6.42 Å². The minimum Gasteiger partial charge on any atom is -0.481 e. The van der Waals surface area contributed by atoms with Crippen LogP contribution in [-0.2, 0) is 16.0 Å². The molecular weight excluding hydrogens is 264 g/mol. The van der Waals surface area contributed by atoms with Crippen LogP contribution in [0.25, 0.3) is 0 Å². The van der Waals surface area contributed by atoms with Gasteiger partial charge in [-0.3, -0.25) is 9.59 Å². The number of carbonyl (C=O) groups is 2. The van der Waals surface area contributed by atoms with Gasteiger partial charge in [-0.2, -0.15) is 0 Å². The third-order valence-electron chi connectivity index (χ3n) is 2.30. The fourth-order valence-electron chi connectivity index (χ4n) is 1.46. The summed E-state index contributed by atoms with van der Waals surface area (Å²) in [6.07, 6.45) is 1.18. The van der Waals surface area contributed by atoms with Gasteiger partial charge in [-0.05, 0) is 36.3 Å². The standard InChI is InChI=1S/C13H16N2O3S/c1-2-3-11(16)15-13(19)14-10-6-4-9(5-7-10)8-12(17)18/h4-7H,2-3,8H2,1H3,(H,17,18)(H2,14,15,16,19). The summed E-state index contributed by atoms with van der Waals surface area (Å²) in [7, 11) is 0. The van der Waals surface area contributed by atoms with Crippen LogP contribution in [0.2, 0.25) is 0 Å². The zero-order valence-corrected chi connectivity index (χ0v) is 11.4. The van der Waals surface area contributed by atoms with E-state index in [4.69, 9.17) is 17.3 Å². The van der Waals surface area contributed by atoms with Gasteiger partial charge >= 0.3 is 5.97 Å². The van der Waals surface area contributed by atoms with Crippen molar-refractivity contribution in [2.45, 2.75) is 26.2 Å². The Bertz CT molecular complexity index is 471. The SMILES string of the molecule is CCCC(=O)NC(=S)Nc1ccc(CC(=O)O)cc1. The van der Waals surface area contributed by atoms with Crippen LogP contribution in [0, 0.1) is 0 Å². The van der Waals surface area contributed by atoms with Crippen LogP contribution in [0.5, 0.6) is 0 Å². The first-order valence-electron chi connectivity index (χ1n) is 5.93. The molecule has 1 rings (SSSR count). The smallest absolute Gasteiger partial charge is 0.307 e. The maximum absolute atomic E-state index is 11.3. The van der Waals surface area contributed by atoms with Gasteiger partial charge in [0.1, 0.15) is 0 Å². The van der Waals surface area contributed by atoms with E-state index in [0.717, 1.165) is 6.42 Å². The molecule has 1 aromatic rings. The first-order valence-corrected chi connectivity index (χ1v) is 6.33. The quantitative estimate of drug-likeness (QED) is 0.718. The molecule has 0 atom stereocenters. The van der Waals surface area contributed by atoms with Gasteiger partial charge in [0.15, 0.2) is 5.11 Å². The number of rotatable bonds is 5. The maximum Gasteiger partial charge on any atom is 0.307 e. The van der Waals surface area contributed by atoms with Crippen molar-refractivity contribution in [1.82, 2.24) is 5.32 Å². The van der Waals surface area contributed by atoms with Crippen molar-refractivity contribution in [3.8, 4) is 0 Å². The zero-order chi connectivity index (χ0) is 14.3. The van der Waals surface area contributed by atoms with Crippen molar-refractivity contribution in [1.29, 1.82) is 0 Å². The average molecular weight is 280 g/mol. The van der Waals surface area contributed by atoms with Crippen LogP contribution in [0.4, 0.5) is 5.69 Å². The number of carbonyl (C=O) groups excluding carboxylic acids is 1. The molecule has 0 aliphatic heterocycles. The molecular formula is C13H16N2O3S. The molecule has 1 aromatic carbocycles. The van der Waals surface area contributed by atoms with Crippen LogP contribution in [-0.4, -0.2) is 22.1 Å². The normalized spacial score (nSPS) is 9.74. The summed E-state index contributed by atoms with van der Waals surface area (Å²) in [5.41, 5.74) is 1.41. The second kappa shape index (κ2) is 7.48. The zero-order valence-electron chi connectivity index (χ0n) is 10.6. The topological polar surface area (TPSA) is 78.4 Å². The molecule has 0 fully saturated rings. The molecule has 6 heteroatoms. The van der Waals surface area contributed by atoms with E-state index in [-0.39, 0.29) is 17.4 Å². The van der Waals surface area contributed by atoms with Gasteiger partial charge in [-0.15, -0.1) is 0 Å². The lowest BCUT2D eigenvalue weighted by Crippen LogP contribution is -2.33. The Kier molecular flexibility index (Phi) is 5.95. The van der Waals surface area contributed by atoms with Crippen molar-refractivity contribution in [2.75, 3.05) is 5.32 Å². The van der Waals surface area contributed by atoms with E-state index in [2.05, 4.69) is 10.6 Å². The summed E-state index contributed by atoms with van der Waals surface area (Å²) in [5, 5.41) is 14.3. The summed E-state index contributed by atoms with van der Waals surface area (Å²) in [6, 6.07) is 6.84. The molecule has 0 heterocycles. The van der Waals surface area contributed by atoms with Crippen molar-refractivity contribution in [3.05, 3.63) is 29.8 Å². The number of hydrogen-bond acceptors (Lipinski definition) is 3. The number of amides is 1. The van der Waals surface area contributed by atoms with E-state index >= 15 is 0 Å². The summed E-state index contributed by atoms with van der Waals surface area (Å²) >= 11 is 4.99. The molecule has 0 spiro atoms. The lowest BCUT2D eigenvalue weighted by atomic mass is 10.1. The van der Waals surface area contributed by atoms with Crippen LogP contribution >= 0.6 is 12.2 Å². The average Bonchev–Trinajstić information content (AvgIpc) is 2.31. The second-order valence-corrected chi connectivity index (χ2v) is 4.43. The van der Waals surface area contributed by atoms with E-state index < -0.39 is 5.97 Å². The van der Waals surface area contributed by atoms with Crippen LogP contribution < -0.4 is 10.6 Å². The molecule has 0 saturated carbocycles. The first kappa shape index (κ1) is 15.1. The highest BCUT2D eigenvalue weighted by Gasteiger charge is 2.04. The minimum atomic E-state index is -0.872. The Morgan fingerprint density at radius 1 is 1.26 bits per heavy atom. The maximum atomic E-state index is 11.3. The van der Waals surface area contributed by atoms with Gasteiger partial charge < -0.3 is 15.7 Å². The van der Waals surface area contributed by atoms with Crippen molar-refractivity contribution >= 4 is 34.9 Å². The van der Waals surface area contributed by atoms with Crippen molar-refractivity contribution in [3.63, 3.8) is 0 Å². The van der Waals surface area contributed by atoms with E-state index in [1.807, 2.05) is 6.92 Å². The number of thiocarbonyl (C=S) groups is 1. The fraction of sp³-hybridized carbons (Fsp3) is 0.308. The third-order valence-corrected chi connectivity index (χ3v) is 2.50. The van der Waals surface area contributed by atoms with Gasteiger partial charge in [0, 0.05) is 12.1 Å². The van der Waals surface area contributed by atoms with Gasteiger partial charge in [-0.25, -0.2) is 0 Å². The number of carboxylic acid groups (broad SMARTS) is 1. The second-order valence-electron chi connectivity index (χ2n) is 4.02. The van der Waals surface area contributed by atoms with E-state index in [1.165, 1.54) is 0 Å². The van der Waals surface area contributed by atoms with E-state index in [1.54, 1.807) is 24.3 Å². The Labute approximate surface area is 117 Å². The predicted octanol–water partition coefficient (Wildman–Crippen LogP) is 1.93. The largest absolute Gasteiger partial charge is 0.481 e. The van der Waals surface area contributed by atoms with Crippen molar-refractivity contribution in [2.24, 2.45) is 0 Å². The molecule has 0 aromatic heterocycles. The van der Waals surface area contributed by atoms with Crippen LogP contribution in [0.3, 0.4) is 0 Å². The van der Waals surface area contributed by atoms with Gasteiger partial charge in [0.2, 0.25) is 5.91 Å². The summed E-state index contributed by atoms with van der Waals surface area (Å²) in [4.78, 5) is 21.8. The third kappa shape index (κ3) is 5.96. The Balaban J connectivity index is 2.51. The Morgan fingerprint density at radius 3 is 2.42 bits per heavy atom. The highest BCUT2D eigenvalue weighted by atomic mass is 32.1. The summed E-state index contributed by atoms with van der Waals surface area (Å²) < 4.78 is 0. The molecule has 0 aliphatic rings. The summed E-state index contributed by atoms with van der Waals surface area (Å²) in [6.45, 7) is 1.91. The molecule has 5 nitrogen and oxygen atoms in total. The first-order chi connectivity index (χ1) is 9.01. The lowest BCUT2D eigenvalue weighted by molar-refractivity contribution is -0.136. The molecule has 1 amide bonds. The highest BCUT2D eigenvalue weighted by Crippen LogP contribution is 2.10. The fourth-order valence-corrected chi connectivity index (χ4v) is 1.69. The number of nitrogens with one attached hydrogen (secondary N) is 2. The molecule has 19 heavy (non-hydrogen) atoms. The number of anilines is 1. The number of benzene rings is 1. The minimum absolute atomic E-state index is 0.0159. The monoisotopic (exact) mass is 280 g/mol. The molecule has 0 unspecified atom stereocenters. The van der Waals surface area contributed by atoms with Gasteiger partial charge in [-0.1, -0.05) is 19.1 Å². The molecule has 0 bridgehead atoms. The van der Waals surface area contributed by atoms with E-state index in [0.29, 0.717) is 17.7 Å². The molecule has 0 aliphatic carbocycles. The molecule has 0 radical (unpaired) electrons. The van der Waals surface area contributed by atoms with Gasteiger partial charge in [0.25, 0.3) is 0 Å². The predicted molar refractivity (Wildman–Crippen MR) is 77.1 cm³/mol. The highest BCUT2D eigenvalue weighted by molar-refractivity contribution is 7.80. The van der Waals surface area contributed by atoms with Crippen LogP contribution in [0.15, 0.2) is 24.3 Å². The number of aliphatic carboxylic acids is 1. The number of hydrogen-bond donors (Lipinski definition) is 3. The molecule has 3 N–H and O–H groups in total. The van der Waals surface area contributed by atoms with Crippen molar-refractivity contribution < 1.29 is 14.7 Å². The Morgan fingerprint density at radius 2 is 1.89 bits per heavy atom. The van der Waals surface area contributed by atoms with Crippen LogP contribution in [0.1, 0.15) is 25.3 Å². The summed E-state index contributed by atoms with van der Waals surface area (Å²) in [5.74, 6) is -0.995. The Hall–Kier alpha value is -1.95. The van der Waals surface area contributed by atoms with E-state index in [9.17, 15) is 9.59 Å². The molecule has 0 saturated heterocycles.